The van der Waals surface area contributed by atoms with Crippen LogP contribution in [0.5, 0.6) is 0 Å². The Kier molecular flexibility index (Phi) is 3.80. The van der Waals surface area contributed by atoms with Crippen molar-refractivity contribution in [3.8, 4) is 0 Å². The van der Waals surface area contributed by atoms with Crippen molar-refractivity contribution in [1.29, 1.82) is 0 Å². The summed E-state index contributed by atoms with van der Waals surface area (Å²) >= 11 is 3.21. The molecule has 0 aliphatic rings. The first kappa shape index (κ1) is 13.5. The topological polar surface area (TPSA) is 55.1 Å². The fourth-order valence-electron chi connectivity index (χ4n) is 1.47. The monoisotopic (exact) mass is 326 g/mol. The molecule has 19 heavy (non-hydrogen) atoms. The average Bonchev–Trinajstić information content (AvgIpc) is 2.36. The number of halogens is 3. The van der Waals surface area contributed by atoms with E-state index in [0.717, 1.165) is 18.2 Å². The number of rotatable bonds is 2. The number of carbonyl (C=O) groups is 1. The van der Waals surface area contributed by atoms with Gasteiger partial charge in [0.1, 0.15) is 11.6 Å². The summed E-state index contributed by atoms with van der Waals surface area (Å²) in [6, 6.07) is 7.42. The van der Waals surface area contributed by atoms with Crippen LogP contribution in [0, 0.1) is 11.6 Å². The molecule has 0 aromatic heterocycles. The van der Waals surface area contributed by atoms with Gasteiger partial charge in [-0.2, -0.15) is 0 Å². The van der Waals surface area contributed by atoms with Gasteiger partial charge < -0.3 is 11.1 Å². The molecule has 0 atom stereocenters. The first-order chi connectivity index (χ1) is 8.97. The minimum Gasteiger partial charge on any atom is -0.398 e. The van der Waals surface area contributed by atoms with E-state index < -0.39 is 17.5 Å². The Balaban J connectivity index is 2.25. The van der Waals surface area contributed by atoms with Gasteiger partial charge in [-0.05, 0) is 52.3 Å². The van der Waals surface area contributed by atoms with Gasteiger partial charge in [-0.15, -0.1) is 0 Å². The second-order valence-corrected chi connectivity index (χ2v) is 4.67. The van der Waals surface area contributed by atoms with Gasteiger partial charge in [0.25, 0.3) is 5.91 Å². The van der Waals surface area contributed by atoms with Gasteiger partial charge in [0, 0.05) is 15.8 Å². The van der Waals surface area contributed by atoms with Gasteiger partial charge in [0.05, 0.1) is 5.56 Å². The highest BCUT2D eigenvalue weighted by atomic mass is 79.9. The van der Waals surface area contributed by atoms with E-state index in [-0.39, 0.29) is 5.56 Å². The summed E-state index contributed by atoms with van der Waals surface area (Å²) in [6.45, 7) is 0. The maximum absolute atomic E-state index is 13.4. The van der Waals surface area contributed by atoms with E-state index in [2.05, 4.69) is 21.2 Å². The fourth-order valence-corrected chi connectivity index (χ4v) is 1.85. The van der Waals surface area contributed by atoms with E-state index in [0.29, 0.717) is 15.8 Å². The van der Waals surface area contributed by atoms with Crippen molar-refractivity contribution in [2.45, 2.75) is 0 Å². The first-order valence-electron chi connectivity index (χ1n) is 5.29. The molecular formula is C13H9BrF2N2O. The van der Waals surface area contributed by atoms with E-state index >= 15 is 0 Å². The van der Waals surface area contributed by atoms with Gasteiger partial charge in [0.15, 0.2) is 0 Å². The molecule has 1 amide bonds. The molecule has 0 aliphatic heterocycles. The SMILES string of the molecule is Nc1ccc(NC(=O)c2cc(F)ccc2F)cc1Br. The molecule has 0 radical (unpaired) electrons. The molecule has 0 fully saturated rings. The number of benzene rings is 2. The third kappa shape index (κ3) is 3.08. The third-order valence-corrected chi connectivity index (χ3v) is 3.12. The zero-order valence-corrected chi connectivity index (χ0v) is 11.2. The molecule has 98 valence electrons. The summed E-state index contributed by atoms with van der Waals surface area (Å²) in [6.07, 6.45) is 0. The molecule has 0 bridgehead atoms. The maximum Gasteiger partial charge on any atom is 0.258 e. The second kappa shape index (κ2) is 5.36. The second-order valence-electron chi connectivity index (χ2n) is 3.81. The molecule has 2 aromatic carbocycles. The fraction of sp³-hybridized carbons (Fsp3) is 0. The molecule has 0 aliphatic carbocycles. The Morgan fingerprint density at radius 3 is 2.58 bits per heavy atom. The third-order valence-electron chi connectivity index (χ3n) is 2.43. The van der Waals surface area contributed by atoms with Crippen molar-refractivity contribution in [3.63, 3.8) is 0 Å². The van der Waals surface area contributed by atoms with Crippen molar-refractivity contribution in [3.05, 3.63) is 58.1 Å². The molecule has 0 unspecified atom stereocenters. The highest BCUT2D eigenvalue weighted by molar-refractivity contribution is 9.10. The number of nitrogens with two attached hydrogens (primary N) is 1. The minimum absolute atomic E-state index is 0.354. The standard InChI is InChI=1S/C13H9BrF2N2O/c14-10-6-8(2-4-12(10)17)18-13(19)9-5-7(15)1-3-11(9)16/h1-6H,17H2,(H,18,19). The minimum atomic E-state index is -0.784. The Morgan fingerprint density at radius 2 is 1.89 bits per heavy atom. The van der Waals surface area contributed by atoms with Crippen LogP contribution in [-0.2, 0) is 0 Å². The lowest BCUT2D eigenvalue weighted by Gasteiger charge is -2.07. The largest absolute Gasteiger partial charge is 0.398 e. The maximum atomic E-state index is 13.4. The lowest BCUT2D eigenvalue weighted by Crippen LogP contribution is -2.14. The van der Waals surface area contributed by atoms with E-state index in [1.54, 1.807) is 18.2 Å². The van der Waals surface area contributed by atoms with Crippen LogP contribution < -0.4 is 11.1 Å². The number of hydrogen-bond donors (Lipinski definition) is 2. The Hall–Kier alpha value is -1.95. The summed E-state index contributed by atoms with van der Waals surface area (Å²) in [7, 11) is 0. The predicted molar refractivity (Wildman–Crippen MR) is 72.9 cm³/mol. The molecule has 3 nitrogen and oxygen atoms in total. The number of carbonyl (C=O) groups excluding carboxylic acids is 1. The summed E-state index contributed by atoms with van der Waals surface area (Å²) in [4.78, 5) is 11.8. The van der Waals surface area contributed by atoms with Crippen LogP contribution in [0.1, 0.15) is 10.4 Å². The van der Waals surface area contributed by atoms with Gasteiger partial charge in [-0.25, -0.2) is 8.78 Å². The van der Waals surface area contributed by atoms with E-state index in [4.69, 9.17) is 5.73 Å². The van der Waals surface area contributed by atoms with Crippen LogP contribution in [0.25, 0.3) is 0 Å². The van der Waals surface area contributed by atoms with Crippen LogP contribution in [0.3, 0.4) is 0 Å². The van der Waals surface area contributed by atoms with Crippen molar-refractivity contribution in [1.82, 2.24) is 0 Å². The van der Waals surface area contributed by atoms with Crippen molar-refractivity contribution < 1.29 is 13.6 Å². The molecule has 6 heteroatoms. The smallest absolute Gasteiger partial charge is 0.258 e. The molecule has 0 saturated heterocycles. The molecule has 3 N–H and O–H groups in total. The van der Waals surface area contributed by atoms with Gasteiger partial charge in [0.2, 0.25) is 0 Å². The quantitative estimate of drug-likeness (QED) is 0.829. The predicted octanol–water partition coefficient (Wildman–Crippen LogP) is 3.56. The van der Waals surface area contributed by atoms with Crippen LogP contribution >= 0.6 is 15.9 Å². The summed E-state index contributed by atoms with van der Waals surface area (Å²) in [5.74, 6) is -2.19. The summed E-state index contributed by atoms with van der Waals surface area (Å²) in [5.41, 5.74) is 6.19. The number of amides is 1. The van der Waals surface area contributed by atoms with E-state index in [1.807, 2.05) is 0 Å². The zero-order valence-electron chi connectivity index (χ0n) is 9.58. The molecule has 2 aromatic rings. The molecule has 2 rings (SSSR count). The van der Waals surface area contributed by atoms with Crippen molar-refractivity contribution in [2.75, 3.05) is 11.1 Å². The number of anilines is 2. The first-order valence-corrected chi connectivity index (χ1v) is 6.08. The Morgan fingerprint density at radius 1 is 1.16 bits per heavy atom. The van der Waals surface area contributed by atoms with Crippen LogP contribution in [0.2, 0.25) is 0 Å². The summed E-state index contributed by atoms with van der Waals surface area (Å²) in [5, 5.41) is 2.46. The Labute approximate surface area is 116 Å². The molecule has 0 spiro atoms. The van der Waals surface area contributed by atoms with Crippen LogP contribution in [-0.4, -0.2) is 5.91 Å². The zero-order chi connectivity index (χ0) is 14.0. The normalized spacial score (nSPS) is 10.3. The lowest BCUT2D eigenvalue weighted by atomic mass is 10.2. The number of nitrogens with one attached hydrogen (secondary N) is 1. The molecule has 0 saturated carbocycles. The van der Waals surface area contributed by atoms with Crippen LogP contribution in [0.15, 0.2) is 40.9 Å². The van der Waals surface area contributed by atoms with E-state index in [9.17, 15) is 13.6 Å². The number of nitrogen functional groups attached to an aromatic ring is 1. The lowest BCUT2D eigenvalue weighted by molar-refractivity contribution is 0.102. The van der Waals surface area contributed by atoms with Gasteiger partial charge in [-0.1, -0.05) is 0 Å². The van der Waals surface area contributed by atoms with Crippen molar-refractivity contribution >= 4 is 33.2 Å². The highest BCUT2D eigenvalue weighted by Gasteiger charge is 2.13. The van der Waals surface area contributed by atoms with Gasteiger partial charge in [-0.3, -0.25) is 4.79 Å². The average molecular weight is 327 g/mol. The van der Waals surface area contributed by atoms with Crippen molar-refractivity contribution in [2.24, 2.45) is 0 Å². The molecule has 0 heterocycles. The summed E-state index contributed by atoms with van der Waals surface area (Å²) < 4.78 is 27.0. The molecular weight excluding hydrogens is 318 g/mol. The van der Waals surface area contributed by atoms with E-state index in [1.165, 1.54) is 0 Å². The van der Waals surface area contributed by atoms with Gasteiger partial charge >= 0.3 is 0 Å². The number of hydrogen-bond acceptors (Lipinski definition) is 2. The van der Waals surface area contributed by atoms with Crippen LogP contribution in [0.4, 0.5) is 20.2 Å². The Bertz CT molecular complexity index is 647. The highest BCUT2D eigenvalue weighted by Crippen LogP contribution is 2.23.